The lowest BCUT2D eigenvalue weighted by molar-refractivity contribution is 0.447. The highest BCUT2D eigenvalue weighted by Crippen LogP contribution is 2.32. The molecule has 18 heavy (non-hydrogen) atoms. The Morgan fingerprint density at radius 3 is 2.72 bits per heavy atom. The largest absolute Gasteiger partial charge is 0.437 e. The summed E-state index contributed by atoms with van der Waals surface area (Å²) in [6.45, 7) is 1.93. The number of nitrogens with zero attached hydrogens (tertiary/aromatic N) is 2. The number of para-hydroxylation sites is 1. The third-order valence-electron chi connectivity index (χ3n) is 2.55. The predicted octanol–water partition coefficient (Wildman–Crippen LogP) is 3.34. The lowest BCUT2D eigenvalue weighted by Crippen LogP contribution is -2.00. The number of benzene rings is 1. The summed E-state index contributed by atoms with van der Waals surface area (Å²) in [4.78, 5) is 9.39. The molecule has 0 aliphatic rings. The molecule has 0 saturated heterocycles. The maximum Gasteiger partial charge on any atom is 0.227 e. The van der Waals surface area contributed by atoms with Crippen molar-refractivity contribution in [3.05, 3.63) is 36.2 Å². The molecule has 94 valence electrons. The summed E-state index contributed by atoms with van der Waals surface area (Å²) in [6.07, 6.45) is 3.52. The first kappa shape index (κ1) is 12.7. The fourth-order valence-electron chi connectivity index (χ4n) is 1.60. The van der Waals surface area contributed by atoms with E-state index in [2.05, 4.69) is 15.3 Å². The fourth-order valence-corrected chi connectivity index (χ4v) is 2.12. The van der Waals surface area contributed by atoms with E-state index >= 15 is 0 Å². The van der Waals surface area contributed by atoms with E-state index in [0.717, 1.165) is 22.0 Å². The van der Waals surface area contributed by atoms with Crippen LogP contribution in [-0.2, 0) is 0 Å². The second-order valence-electron chi connectivity index (χ2n) is 3.66. The first-order chi connectivity index (χ1) is 8.76. The molecule has 2 aromatic rings. The number of nitrogens with one attached hydrogen (secondary N) is 1. The Labute approximate surface area is 111 Å². The molecule has 5 heteroatoms. The van der Waals surface area contributed by atoms with E-state index in [9.17, 15) is 0 Å². The van der Waals surface area contributed by atoms with Crippen LogP contribution in [0.15, 0.2) is 35.5 Å². The Hall–Kier alpha value is -1.75. The van der Waals surface area contributed by atoms with Crippen LogP contribution in [0, 0.1) is 6.92 Å². The zero-order valence-corrected chi connectivity index (χ0v) is 11.4. The van der Waals surface area contributed by atoms with Gasteiger partial charge < -0.3 is 10.1 Å². The summed E-state index contributed by atoms with van der Waals surface area (Å²) in [5.74, 6) is 2.17. The molecule has 2 rings (SSSR count). The van der Waals surface area contributed by atoms with Gasteiger partial charge in [0.1, 0.15) is 17.9 Å². The summed E-state index contributed by atoms with van der Waals surface area (Å²) in [6, 6.07) is 7.90. The van der Waals surface area contributed by atoms with Crippen molar-refractivity contribution in [3.63, 3.8) is 0 Å². The van der Waals surface area contributed by atoms with E-state index in [1.165, 1.54) is 6.33 Å². The van der Waals surface area contributed by atoms with Crippen LogP contribution in [0.1, 0.15) is 5.56 Å². The highest BCUT2D eigenvalue weighted by atomic mass is 32.2. The normalized spacial score (nSPS) is 10.2. The molecule has 4 nitrogen and oxygen atoms in total. The standard InChI is InChI=1S/C13H15N3OS/c1-9-12(14-2)15-8-16-13(9)17-10-6-4-5-7-11(10)18-3/h4-8H,1-3H3,(H,14,15,16). The number of aromatic nitrogens is 2. The van der Waals surface area contributed by atoms with Gasteiger partial charge in [-0.1, -0.05) is 12.1 Å². The van der Waals surface area contributed by atoms with Crippen LogP contribution in [0.5, 0.6) is 11.6 Å². The summed E-state index contributed by atoms with van der Waals surface area (Å²) in [5.41, 5.74) is 0.899. The van der Waals surface area contributed by atoms with Crippen LogP contribution < -0.4 is 10.1 Å². The molecule has 0 unspecified atom stereocenters. The van der Waals surface area contributed by atoms with E-state index < -0.39 is 0 Å². The molecule has 1 N–H and O–H groups in total. The van der Waals surface area contributed by atoms with Crippen molar-refractivity contribution in [2.75, 3.05) is 18.6 Å². The minimum atomic E-state index is 0.579. The highest BCUT2D eigenvalue weighted by molar-refractivity contribution is 7.98. The van der Waals surface area contributed by atoms with Crippen LogP contribution in [0.25, 0.3) is 0 Å². The van der Waals surface area contributed by atoms with Crippen LogP contribution >= 0.6 is 11.8 Å². The van der Waals surface area contributed by atoms with E-state index in [0.29, 0.717) is 5.88 Å². The minimum absolute atomic E-state index is 0.579. The maximum absolute atomic E-state index is 5.86. The lowest BCUT2D eigenvalue weighted by Gasteiger charge is -2.12. The molecule has 1 aromatic carbocycles. The number of thioether (sulfide) groups is 1. The number of ether oxygens (including phenoxy) is 1. The van der Waals surface area contributed by atoms with Gasteiger partial charge in [0, 0.05) is 11.9 Å². The van der Waals surface area contributed by atoms with Gasteiger partial charge in [-0.15, -0.1) is 11.8 Å². The molecular formula is C13H15N3OS. The lowest BCUT2D eigenvalue weighted by atomic mass is 10.3. The molecular weight excluding hydrogens is 246 g/mol. The highest BCUT2D eigenvalue weighted by Gasteiger charge is 2.10. The second-order valence-corrected chi connectivity index (χ2v) is 4.50. The second kappa shape index (κ2) is 5.73. The molecule has 0 radical (unpaired) electrons. The Balaban J connectivity index is 2.34. The summed E-state index contributed by atoms with van der Waals surface area (Å²) >= 11 is 1.65. The van der Waals surface area contributed by atoms with E-state index in [1.807, 2.05) is 44.5 Å². The van der Waals surface area contributed by atoms with Gasteiger partial charge in [-0.05, 0) is 25.3 Å². The van der Waals surface area contributed by atoms with Crippen molar-refractivity contribution in [1.82, 2.24) is 9.97 Å². The van der Waals surface area contributed by atoms with Gasteiger partial charge >= 0.3 is 0 Å². The predicted molar refractivity (Wildman–Crippen MR) is 74.6 cm³/mol. The topological polar surface area (TPSA) is 47.0 Å². The molecule has 1 aromatic heterocycles. The van der Waals surface area contributed by atoms with Gasteiger partial charge in [0.25, 0.3) is 0 Å². The van der Waals surface area contributed by atoms with Gasteiger partial charge in [0.15, 0.2) is 0 Å². The molecule has 1 heterocycles. The van der Waals surface area contributed by atoms with Gasteiger partial charge in [-0.3, -0.25) is 0 Å². The van der Waals surface area contributed by atoms with Gasteiger partial charge in [-0.25, -0.2) is 9.97 Å². The smallest absolute Gasteiger partial charge is 0.227 e. The zero-order valence-electron chi connectivity index (χ0n) is 10.6. The van der Waals surface area contributed by atoms with Gasteiger partial charge in [0.2, 0.25) is 5.88 Å². The average Bonchev–Trinajstić information content (AvgIpc) is 2.42. The Bertz CT molecular complexity index is 546. The third-order valence-corrected chi connectivity index (χ3v) is 3.33. The fraction of sp³-hybridized carbons (Fsp3) is 0.231. The molecule has 0 spiro atoms. The Kier molecular flexibility index (Phi) is 4.04. The monoisotopic (exact) mass is 261 g/mol. The third kappa shape index (κ3) is 2.56. The average molecular weight is 261 g/mol. The first-order valence-electron chi connectivity index (χ1n) is 5.56. The van der Waals surface area contributed by atoms with Crippen molar-refractivity contribution in [2.45, 2.75) is 11.8 Å². The number of rotatable bonds is 4. The number of anilines is 1. The van der Waals surface area contributed by atoms with Crippen LogP contribution in [0.3, 0.4) is 0 Å². The van der Waals surface area contributed by atoms with Gasteiger partial charge in [-0.2, -0.15) is 0 Å². The van der Waals surface area contributed by atoms with E-state index in [4.69, 9.17) is 4.74 Å². The molecule has 0 aliphatic heterocycles. The number of hydrogen-bond donors (Lipinski definition) is 1. The van der Waals surface area contributed by atoms with Crippen LogP contribution in [-0.4, -0.2) is 23.3 Å². The van der Waals surface area contributed by atoms with Crippen molar-refractivity contribution in [1.29, 1.82) is 0 Å². The minimum Gasteiger partial charge on any atom is -0.437 e. The zero-order chi connectivity index (χ0) is 13.0. The van der Waals surface area contributed by atoms with E-state index in [-0.39, 0.29) is 0 Å². The first-order valence-corrected chi connectivity index (χ1v) is 6.79. The van der Waals surface area contributed by atoms with E-state index in [1.54, 1.807) is 11.8 Å². The number of hydrogen-bond acceptors (Lipinski definition) is 5. The SMILES string of the molecule is CNc1ncnc(Oc2ccccc2SC)c1C. The Morgan fingerprint density at radius 1 is 1.22 bits per heavy atom. The summed E-state index contributed by atoms with van der Waals surface area (Å²) < 4.78 is 5.86. The molecule has 0 aliphatic carbocycles. The van der Waals surface area contributed by atoms with Crippen molar-refractivity contribution in [3.8, 4) is 11.6 Å². The quantitative estimate of drug-likeness (QED) is 0.855. The van der Waals surface area contributed by atoms with Gasteiger partial charge in [0.05, 0.1) is 5.56 Å². The molecule has 0 saturated carbocycles. The molecule has 0 amide bonds. The Morgan fingerprint density at radius 2 is 2.00 bits per heavy atom. The molecule has 0 fully saturated rings. The van der Waals surface area contributed by atoms with Crippen molar-refractivity contribution in [2.24, 2.45) is 0 Å². The maximum atomic E-state index is 5.86. The molecule has 0 atom stereocenters. The van der Waals surface area contributed by atoms with Crippen molar-refractivity contribution < 1.29 is 4.74 Å². The van der Waals surface area contributed by atoms with Crippen LogP contribution in [0.4, 0.5) is 5.82 Å². The summed E-state index contributed by atoms with van der Waals surface area (Å²) in [7, 11) is 1.83. The molecule has 0 bridgehead atoms. The van der Waals surface area contributed by atoms with Crippen molar-refractivity contribution >= 4 is 17.6 Å². The summed E-state index contributed by atoms with van der Waals surface area (Å²) in [5, 5.41) is 3.01. The van der Waals surface area contributed by atoms with Crippen LogP contribution in [0.2, 0.25) is 0 Å².